The maximum atomic E-state index is 12.6. The molecule has 0 saturated carbocycles. The largest absolute Gasteiger partial charge is 0.480 e. The standard InChI is InChI=1S/C22H20O2/c1-17(18-11-5-2-6-12-18)22(21(23)24,19-13-7-3-8-14-19)20-15-9-4-10-16-20/h2-17H,1H3,(H,23,24). The van der Waals surface area contributed by atoms with Crippen molar-refractivity contribution in [3.8, 4) is 0 Å². The molecule has 2 heteroatoms. The van der Waals surface area contributed by atoms with Gasteiger partial charge >= 0.3 is 5.97 Å². The van der Waals surface area contributed by atoms with Crippen molar-refractivity contribution in [2.24, 2.45) is 0 Å². The van der Waals surface area contributed by atoms with Crippen molar-refractivity contribution in [3.63, 3.8) is 0 Å². The Balaban J connectivity index is 2.29. The van der Waals surface area contributed by atoms with Crippen LogP contribution in [0.15, 0.2) is 91.0 Å². The third-order valence-electron chi connectivity index (χ3n) is 4.74. The number of hydrogen-bond acceptors (Lipinski definition) is 1. The van der Waals surface area contributed by atoms with Gasteiger partial charge in [-0.2, -0.15) is 0 Å². The zero-order valence-corrected chi connectivity index (χ0v) is 13.6. The quantitative estimate of drug-likeness (QED) is 0.730. The van der Waals surface area contributed by atoms with Gasteiger partial charge in [0.05, 0.1) is 0 Å². The van der Waals surface area contributed by atoms with E-state index in [9.17, 15) is 9.90 Å². The van der Waals surface area contributed by atoms with Crippen LogP contribution in [0.5, 0.6) is 0 Å². The second-order valence-electron chi connectivity index (χ2n) is 5.98. The lowest BCUT2D eigenvalue weighted by Crippen LogP contribution is -2.42. The zero-order valence-electron chi connectivity index (χ0n) is 13.6. The highest BCUT2D eigenvalue weighted by atomic mass is 16.4. The molecule has 3 aromatic carbocycles. The first-order valence-corrected chi connectivity index (χ1v) is 8.06. The van der Waals surface area contributed by atoms with Crippen LogP contribution in [0.25, 0.3) is 0 Å². The first-order chi connectivity index (χ1) is 11.7. The lowest BCUT2D eigenvalue weighted by atomic mass is 9.64. The maximum Gasteiger partial charge on any atom is 0.319 e. The molecule has 1 unspecified atom stereocenters. The summed E-state index contributed by atoms with van der Waals surface area (Å²) in [5.74, 6) is -1.06. The van der Waals surface area contributed by atoms with E-state index in [4.69, 9.17) is 0 Å². The summed E-state index contributed by atoms with van der Waals surface area (Å²) in [7, 11) is 0. The molecule has 0 amide bonds. The molecule has 0 heterocycles. The number of rotatable bonds is 5. The fraction of sp³-hybridized carbons (Fsp3) is 0.136. The molecule has 24 heavy (non-hydrogen) atoms. The fourth-order valence-electron chi connectivity index (χ4n) is 3.49. The van der Waals surface area contributed by atoms with Gasteiger partial charge in [0.25, 0.3) is 0 Å². The molecule has 1 N–H and O–H groups in total. The van der Waals surface area contributed by atoms with Gasteiger partial charge in [0.2, 0.25) is 0 Å². The number of aliphatic carboxylic acids is 1. The molecule has 0 aromatic heterocycles. The van der Waals surface area contributed by atoms with Crippen LogP contribution in [0, 0.1) is 0 Å². The van der Waals surface area contributed by atoms with Gasteiger partial charge in [-0.25, -0.2) is 0 Å². The number of benzene rings is 3. The minimum atomic E-state index is -1.14. The minimum Gasteiger partial charge on any atom is -0.480 e. The Labute approximate surface area is 142 Å². The van der Waals surface area contributed by atoms with Crippen LogP contribution in [0.4, 0.5) is 0 Å². The highest BCUT2D eigenvalue weighted by Gasteiger charge is 2.47. The van der Waals surface area contributed by atoms with Crippen molar-refractivity contribution in [3.05, 3.63) is 108 Å². The van der Waals surface area contributed by atoms with Crippen LogP contribution in [0.2, 0.25) is 0 Å². The molecule has 2 nitrogen and oxygen atoms in total. The molecule has 0 fully saturated rings. The van der Waals surface area contributed by atoms with Gasteiger partial charge < -0.3 is 5.11 Å². The summed E-state index contributed by atoms with van der Waals surface area (Å²) in [6.45, 7) is 1.99. The van der Waals surface area contributed by atoms with Gasteiger partial charge in [0, 0.05) is 5.92 Å². The lowest BCUT2D eigenvalue weighted by Gasteiger charge is -2.36. The smallest absolute Gasteiger partial charge is 0.319 e. The predicted molar refractivity (Wildman–Crippen MR) is 96.2 cm³/mol. The Kier molecular flexibility index (Phi) is 4.48. The molecular weight excluding hydrogens is 296 g/mol. The van der Waals surface area contributed by atoms with Gasteiger partial charge in [0.15, 0.2) is 0 Å². The Morgan fingerprint density at radius 2 is 1.12 bits per heavy atom. The molecule has 0 aliphatic rings. The Hall–Kier alpha value is -2.87. The van der Waals surface area contributed by atoms with Gasteiger partial charge in [-0.05, 0) is 16.7 Å². The monoisotopic (exact) mass is 316 g/mol. The first-order valence-electron chi connectivity index (χ1n) is 8.06. The summed E-state index contributed by atoms with van der Waals surface area (Å²) < 4.78 is 0. The maximum absolute atomic E-state index is 12.6. The molecule has 0 aliphatic carbocycles. The average molecular weight is 316 g/mol. The number of hydrogen-bond donors (Lipinski definition) is 1. The molecule has 3 rings (SSSR count). The second kappa shape index (κ2) is 6.71. The molecule has 0 aliphatic heterocycles. The zero-order chi connectivity index (χ0) is 17.0. The number of carboxylic acids is 1. The topological polar surface area (TPSA) is 37.3 Å². The molecule has 3 aromatic rings. The highest BCUT2D eigenvalue weighted by molar-refractivity contribution is 5.87. The average Bonchev–Trinajstić information content (AvgIpc) is 2.64. The van der Waals surface area contributed by atoms with E-state index in [1.165, 1.54) is 0 Å². The first kappa shape index (κ1) is 16.0. The molecule has 0 radical (unpaired) electrons. The predicted octanol–water partition coefficient (Wildman–Crippen LogP) is 4.86. The van der Waals surface area contributed by atoms with Crippen molar-refractivity contribution >= 4 is 5.97 Å². The third-order valence-corrected chi connectivity index (χ3v) is 4.74. The normalized spacial score (nSPS) is 12.5. The number of carbonyl (C=O) groups is 1. The molecular formula is C22H20O2. The summed E-state index contributed by atoms with van der Waals surface area (Å²) in [4.78, 5) is 12.6. The van der Waals surface area contributed by atoms with E-state index >= 15 is 0 Å². The van der Waals surface area contributed by atoms with Gasteiger partial charge in [0.1, 0.15) is 5.41 Å². The Morgan fingerprint density at radius 1 is 0.750 bits per heavy atom. The van der Waals surface area contributed by atoms with Crippen LogP contribution >= 0.6 is 0 Å². The van der Waals surface area contributed by atoms with Crippen LogP contribution in [0.1, 0.15) is 29.5 Å². The fourth-order valence-corrected chi connectivity index (χ4v) is 3.49. The van der Waals surface area contributed by atoms with Gasteiger partial charge in [-0.3, -0.25) is 4.79 Å². The molecule has 120 valence electrons. The van der Waals surface area contributed by atoms with Crippen LogP contribution in [0.3, 0.4) is 0 Å². The Morgan fingerprint density at radius 3 is 1.50 bits per heavy atom. The van der Waals surface area contributed by atoms with Crippen molar-refractivity contribution in [1.29, 1.82) is 0 Å². The second-order valence-corrected chi connectivity index (χ2v) is 5.98. The summed E-state index contributed by atoms with van der Waals surface area (Å²) in [5, 5.41) is 10.4. The molecule has 0 bridgehead atoms. The van der Waals surface area contributed by atoms with E-state index < -0.39 is 11.4 Å². The molecule has 0 saturated heterocycles. The van der Waals surface area contributed by atoms with Gasteiger partial charge in [-0.15, -0.1) is 0 Å². The summed E-state index contributed by atoms with van der Waals surface area (Å²) in [6.07, 6.45) is 0. The van der Waals surface area contributed by atoms with E-state index in [0.717, 1.165) is 16.7 Å². The van der Waals surface area contributed by atoms with Crippen molar-refractivity contribution in [2.45, 2.75) is 18.3 Å². The van der Waals surface area contributed by atoms with E-state index in [1.54, 1.807) is 0 Å². The van der Waals surface area contributed by atoms with Crippen molar-refractivity contribution in [1.82, 2.24) is 0 Å². The molecule has 0 spiro atoms. The van der Waals surface area contributed by atoms with Crippen LogP contribution < -0.4 is 0 Å². The van der Waals surface area contributed by atoms with Crippen LogP contribution in [-0.4, -0.2) is 11.1 Å². The highest BCUT2D eigenvalue weighted by Crippen LogP contribution is 2.44. The van der Waals surface area contributed by atoms with E-state index in [2.05, 4.69) is 0 Å². The van der Waals surface area contributed by atoms with Crippen molar-refractivity contribution < 1.29 is 9.90 Å². The lowest BCUT2D eigenvalue weighted by molar-refractivity contribution is -0.143. The summed E-state index contributed by atoms with van der Waals surface area (Å²) in [6, 6.07) is 28.9. The SMILES string of the molecule is CC(c1ccccc1)C(C(=O)O)(c1ccccc1)c1ccccc1. The Bertz CT molecular complexity index is 756. The molecule has 1 atom stereocenters. The summed E-state index contributed by atoms with van der Waals surface area (Å²) >= 11 is 0. The van der Waals surface area contributed by atoms with Crippen LogP contribution in [-0.2, 0) is 10.2 Å². The summed E-state index contributed by atoms with van der Waals surface area (Å²) in [5.41, 5.74) is 1.46. The number of carboxylic acid groups (broad SMARTS) is 1. The van der Waals surface area contributed by atoms with Crippen molar-refractivity contribution in [2.75, 3.05) is 0 Å². The minimum absolute atomic E-state index is 0.221. The van der Waals surface area contributed by atoms with Gasteiger partial charge in [-0.1, -0.05) is 97.9 Å². The third kappa shape index (κ3) is 2.61. The van der Waals surface area contributed by atoms with E-state index in [0.29, 0.717) is 0 Å². The van der Waals surface area contributed by atoms with E-state index in [-0.39, 0.29) is 5.92 Å². The van der Waals surface area contributed by atoms with E-state index in [1.807, 2.05) is 97.9 Å².